The van der Waals surface area contributed by atoms with Gasteiger partial charge in [-0.1, -0.05) is 29.8 Å². The lowest BCUT2D eigenvalue weighted by atomic mass is 10.1. The van der Waals surface area contributed by atoms with Crippen molar-refractivity contribution in [3.05, 3.63) is 97.6 Å². The number of hydrogen-bond donors (Lipinski definition) is 0. The van der Waals surface area contributed by atoms with E-state index in [1.807, 2.05) is 62.5 Å². The Labute approximate surface area is 205 Å². The molecule has 0 atom stereocenters. The zero-order chi connectivity index (χ0) is 24.5. The van der Waals surface area contributed by atoms with Crippen LogP contribution in [0.2, 0.25) is 0 Å². The zero-order valence-corrected chi connectivity index (χ0v) is 20.2. The number of nitrogens with zero attached hydrogens (tertiary/aromatic N) is 4. The van der Waals surface area contributed by atoms with Crippen molar-refractivity contribution < 1.29 is 14.4 Å². The van der Waals surface area contributed by atoms with Crippen molar-refractivity contribution in [1.29, 1.82) is 0 Å². The molecule has 0 spiro atoms. The van der Waals surface area contributed by atoms with Gasteiger partial charge in [-0.25, -0.2) is 9.67 Å². The van der Waals surface area contributed by atoms with Crippen LogP contribution in [0.25, 0.3) is 11.3 Å². The first-order chi connectivity index (χ1) is 16.9. The van der Waals surface area contributed by atoms with Gasteiger partial charge in [-0.15, -0.1) is 11.3 Å². The maximum absolute atomic E-state index is 11.4. The van der Waals surface area contributed by atoms with E-state index in [0.29, 0.717) is 27.6 Å². The Morgan fingerprint density at radius 3 is 2.69 bits per heavy atom. The topological polar surface area (TPSA) is 91.2 Å². The van der Waals surface area contributed by atoms with E-state index in [4.69, 9.17) is 19.6 Å². The number of aryl methyl sites for hydroxylation is 2. The Kier molecular flexibility index (Phi) is 5.92. The maximum atomic E-state index is 11.4. The van der Waals surface area contributed by atoms with E-state index in [0.717, 1.165) is 28.1 Å². The molecular formula is C26H22N4O4S. The minimum Gasteiger partial charge on any atom is -0.454 e. The highest BCUT2D eigenvalue weighted by molar-refractivity contribution is 7.07. The summed E-state index contributed by atoms with van der Waals surface area (Å²) in [6.45, 7) is 6.17. The molecule has 2 heterocycles. The van der Waals surface area contributed by atoms with Gasteiger partial charge in [0.05, 0.1) is 22.0 Å². The lowest BCUT2D eigenvalue weighted by Gasteiger charge is -2.08. The number of non-ortho nitro benzene ring substituents is 1. The van der Waals surface area contributed by atoms with Gasteiger partial charge >= 0.3 is 0 Å². The van der Waals surface area contributed by atoms with Crippen molar-refractivity contribution in [3.8, 4) is 22.8 Å². The first kappa shape index (κ1) is 22.5. The third-order valence-corrected chi connectivity index (χ3v) is 6.46. The van der Waals surface area contributed by atoms with Crippen LogP contribution in [0.4, 0.5) is 11.4 Å². The number of benzene rings is 3. The maximum Gasteiger partial charge on any atom is 0.270 e. The van der Waals surface area contributed by atoms with Crippen LogP contribution in [-0.2, 0) is 0 Å². The summed E-state index contributed by atoms with van der Waals surface area (Å²) < 4.78 is 12.7. The second kappa shape index (κ2) is 9.19. The fraction of sp³-hybridized carbons (Fsp3) is 0.154. The summed E-state index contributed by atoms with van der Waals surface area (Å²) in [4.78, 5) is 16.5. The van der Waals surface area contributed by atoms with Crippen LogP contribution in [-0.4, -0.2) is 22.1 Å². The molecule has 0 N–H and O–H groups in total. The number of thiazole rings is 1. The van der Waals surface area contributed by atoms with Gasteiger partial charge in [-0.3, -0.25) is 10.1 Å². The summed E-state index contributed by atoms with van der Waals surface area (Å²) >= 11 is 1.42. The normalized spacial score (nSPS) is 13.3. The first-order valence-electron chi connectivity index (χ1n) is 10.9. The predicted molar refractivity (Wildman–Crippen MR) is 136 cm³/mol. The van der Waals surface area contributed by atoms with E-state index in [2.05, 4.69) is 6.07 Å². The van der Waals surface area contributed by atoms with Gasteiger partial charge in [0.2, 0.25) is 11.6 Å². The smallest absolute Gasteiger partial charge is 0.270 e. The van der Waals surface area contributed by atoms with E-state index < -0.39 is 4.92 Å². The molecule has 0 unspecified atom stereocenters. The highest BCUT2D eigenvalue weighted by Gasteiger charge is 2.16. The molecular weight excluding hydrogens is 464 g/mol. The number of rotatable bonds is 5. The van der Waals surface area contributed by atoms with Gasteiger partial charge in [0, 0.05) is 28.6 Å². The van der Waals surface area contributed by atoms with E-state index >= 15 is 0 Å². The van der Waals surface area contributed by atoms with Gasteiger partial charge in [-0.2, -0.15) is 5.10 Å². The Morgan fingerprint density at radius 2 is 1.89 bits per heavy atom. The molecule has 1 aromatic heterocycles. The third kappa shape index (κ3) is 4.58. The second-order valence-corrected chi connectivity index (χ2v) is 9.01. The predicted octanol–water partition coefficient (Wildman–Crippen LogP) is 5.98. The molecule has 0 aliphatic carbocycles. The van der Waals surface area contributed by atoms with Crippen LogP contribution in [0.1, 0.15) is 23.6 Å². The molecule has 1 aliphatic rings. The highest BCUT2D eigenvalue weighted by atomic mass is 32.1. The van der Waals surface area contributed by atoms with Crippen molar-refractivity contribution in [2.75, 3.05) is 6.79 Å². The SMILES string of the molecule is CC(=Nn1c(-c2cccc([N+](=O)[O-])c2)csc1=Nc1ccc(C)cc1C)c1ccc2c(c1)OCO2. The fourth-order valence-corrected chi connectivity index (χ4v) is 4.66. The number of ether oxygens (including phenoxy) is 2. The number of hydrogen-bond acceptors (Lipinski definition) is 7. The van der Waals surface area contributed by atoms with Gasteiger partial charge in [-0.05, 0) is 50.6 Å². The summed E-state index contributed by atoms with van der Waals surface area (Å²) in [7, 11) is 0. The Bertz CT molecular complexity index is 1550. The summed E-state index contributed by atoms with van der Waals surface area (Å²) in [6, 6.07) is 18.3. The van der Waals surface area contributed by atoms with Crippen LogP contribution >= 0.6 is 11.3 Å². The largest absolute Gasteiger partial charge is 0.454 e. The van der Waals surface area contributed by atoms with Gasteiger partial charge in [0.1, 0.15) is 0 Å². The number of nitro benzene ring substituents is 1. The first-order valence-corrected chi connectivity index (χ1v) is 11.8. The molecule has 5 rings (SSSR count). The van der Waals surface area contributed by atoms with Gasteiger partial charge < -0.3 is 9.47 Å². The molecule has 9 heteroatoms. The number of aromatic nitrogens is 1. The molecule has 0 fully saturated rings. The molecule has 176 valence electrons. The molecule has 8 nitrogen and oxygen atoms in total. The quantitative estimate of drug-likeness (QED) is 0.197. The summed E-state index contributed by atoms with van der Waals surface area (Å²) in [5.41, 5.74) is 6.07. The molecule has 0 saturated heterocycles. The molecule has 1 aliphatic heterocycles. The van der Waals surface area contributed by atoms with Crippen molar-refractivity contribution in [3.63, 3.8) is 0 Å². The molecule has 0 radical (unpaired) electrons. The van der Waals surface area contributed by atoms with Crippen LogP contribution in [0.3, 0.4) is 0 Å². The number of fused-ring (bicyclic) bond motifs is 1. The highest BCUT2D eigenvalue weighted by Crippen LogP contribution is 2.33. The van der Waals surface area contributed by atoms with E-state index in [9.17, 15) is 10.1 Å². The minimum atomic E-state index is -0.401. The van der Waals surface area contributed by atoms with Gasteiger partial charge in [0.15, 0.2) is 11.5 Å². The molecule has 3 aromatic carbocycles. The van der Waals surface area contributed by atoms with E-state index in [1.165, 1.54) is 17.4 Å². The van der Waals surface area contributed by atoms with Crippen molar-refractivity contribution in [1.82, 2.24) is 4.68 Å². The zero-order valence-electron chi connectivity index (χ0n) is 19.4. The Balaban J connectivity index is 1.68. The van der Waals surface area contributed by atoms with Gasteiger partial charge in [0.25, 0.3) is 5.69 Å². The number of nitro groups is 1. The van der Waals surface area contributed by atoms with Crippen LogP contribution in [0.15, 0.2) is 76.1 Å². The van der Waals surface area contributed by atoms with Crippen molar-refractivity contribution in [2.45, 2.75) is 20.8 Å². The van der Waals surface area contributed by atoms with Crippen molar-refractivity contribution >= 4 is 28.4 Å². The average Bonchev–Trinajstić information content (AvgIpc) is 3.47. The van der Waals surface area contributed by atoms with Crippen LogP contribution < -0.4 is 14.3 Å². The molecule has 4 aromatic rings. The average molecular weight is 487 g/mol. The van der Waals surface area contributed by atoms with E-state index in [-0.39, 0.29) is 12.5 Å². The minimum absolute atomic E-state index is 0.0181. The summed E-state index contributed by atoms with van der Waals surface area (Å²) in [5.74, 6) is 1.37. The lowest BCUT2D eigenvalue weighted by Crippen LogP contribution is -2.14. The molecule has 35 heavy (non-hydrogen) atoms. The molecule has 0 bridgehead atoms. The molecule has 0 amide bonds. The fourth-order valence-electron chi connectivity index (χ4n) is 3.81. The monoisotopic (exact) mass is 486 g/mol. The third-order valence-electron chi connectivity index (χ3n) is 5.65. The Morgan fingerprint density at radius 1 is 1.06 bits per heavy atom. The lowest BCUT2D eigenvalue weighted by molar-refractivity contribution is -0.384. The van der Waals surface area contributed by atoms with Crippen LogP contribution in [0, 0.1) is 24.0 Å². The standard InChI is InChI=1S/C26H22N4O4S/c1-16-7-9-22(17(2)11-16)27-26-29(23(14-35-26)20-5-4-6-21(12-20)30(31)32)28-18(3)19-8-10-24-25(13-19)34-15-33-24/h4-14H,15H2,1-3H3. The van der Waals surface area contributed by atoms with Crippen molar-refractivity contribution in [2.24, 2.45) is 10.1 Å². The van der Waals surface area contributed by atoms with Crippen LogP contribution in [0.5, 0.6) is 11.5 Å². The second-order valence-electron chi connectivity index (χ2n) is 8.18. The Hall–Kier alpha value is -4.24. The van der Waals surface area contributed by atoms with E-state index in [1.54, 1.807) is 16.8 Å². The summed E-state index contributed by atoms with van der Waals surface area (Å²) in [5, 5.41) is 18.2. The summed E-state index contributed by atoms with van der Waals surface area (Å²) in [6.07, 6.45) is 0. The molecule has 0 saturated carbocycles.